The van der Waals surface area contributed by atoms with Crippen molar-refractivity contribution in [2.24, 2.45) is 0 Å². The fraction of sp³-hybridized carbons (Fsp3) is 0.500. The van der Waals surface area contributed by atoms with Gasteiger partial charge >= 0.3 is 0 Å². The van der Waals surface area contributed by atoms with E-state index in [9.17, 15) is 9.59 Å². The number of quaternary nitrogens is 1. The van der Waals surface area contributed by atoms with Crippen molar-refractivity contribution < 1.29 is 14.5 Å². The summed E-state index contributed by atoms with van der Waals surface area (Å²) in [6, 6.07) is 10.4. The maximum atomic E-state index is 11.8. The smallest absolute Gasteiger partial charge is 0.275 e. The second kappa shape index (κ2) is 7.78. The minimum absolute atomic E-state index is 0.0114. The van der Waals surface area contributed by atoms with Gasteiger partial charge in [0, 0.05) is 12.6 Å². The molecule has 0 radical (unpaired) electrons. The second-order valence-corrected chi connectivity index (χ2v) is 5.74. The van der Waals surface area contributed by atoms with Crippen LogP contribution in [0.1, 0.15) is 18.4 Å². The van der Waals surface area contributed by atoms with E-state index < -0.39 is 0 Å². The van der Waals surface area contributed by atoms with Crippen LogP contribution in [-0.4, -0.2) is 44.5 Å². The molecule has 0 saturated heterocycles. The van der Waals surface area contributed by atoms with Crippen LogP contribution >= 0.6 is 0 Å². The number of hydrogen-bond acceptors (Lipinski definition) is 2. The molecule has 5 nitrogen and oxygen atoms in total. The first-order valence-corrected chi connectivity index (χ1v) is 7.55. The fourth-order valence-electron chi connectivity index (χ4n) is 2.17. The van der Waals surface area contributed by atoms with Crippen LogP contribution in [0.4, 0.5) is 0 Å². The molecular formula is C16H24N3O2+. The zero-order valence-electron chi connectivity index (χ0n) is 12.5. The van der Waals surface area contributed by atoms with Crippen molar-refractivity contribution in [3.63, 3.8) is 0 Å². The molecule has 0 bridgehead atoms. The van der Waals surface area contributed by atoms with E-state index in [0.29, 0.717) is 25.7 Å². The van der Waals surface area contributed by atoms with Crippen molar-refractivity contribution in [1.82, 2.24) is 10.6 Å². The summed E-state index contributed by atoms with van der Waals surface area (Å²) in [6.07, 6.45) is 3.00. The molecule has 0 aliphatic heterocycles. The number of benzene rings is 1. The van der Waals surface area contributed by atoms with Gasteiger partial charge in [-0.2, -0.15) is 0 Å². The summed E-state index contributed by atoms with van der Waals surface area (Å²) in [5.41, 5.74) is 1.21. The second-order valence-electron chi connectivity index (χ2n) is 5.74. The minimum atomic E-state index is -0.0114. The molecule has 1 fully saturated rings. The van der Waals surface area contributed by atoms with Crippen LogP contribution in [0.3, 0.4) is 0 Å². The summed E-state index contributed by atoms with van der Waals surface area (Å²) in [6.45, 7) is 1.31. The number of carbonyl (C=O) groups is 2. The van der Waals surface area contributed by atoms with Crippen molar-refractivity contribution in [1.29, 1.82) is 0 Å². The molecule has 21 heavy (non-hydrogen) atoms. The van der Waals surface area contributed by atoms with Gasteiger partial charge < -0.3 is 15.5 Å². The Kier molecular flexibility index (Phi) is 5.75. The first-order chi connectivity index (χ1) is 10.1. The SMILES string of the molecule is C[NH+](CC(=O)NCCc1ccccc1)CC(=O)NC1CC1. The Morgan fingerprint density at radius 1 is 1.14 bits per heavy atom. The lowest BCUT2D eigenvalue weighted by molar-refractivity contribution is -0.862. The Hall–Kier alpha value is -1.88. The quantitative estimate of drug-likeness (QED) is 0.583. The molecule has 1 aromatic carbocycles. The largest absolute Gasteiger partial charge is 0.351 e. The van der Waals surface area contributed by atoms with Crippen molar-refractivity contribution in [2.75, 3.05) is 26.7 Å². The van der Waals surface area contributed by atoms with Crippen LogP contribution in [0, 0.1) is 0 Å². The summed E-state index contributed by atoms with van der Waals surface area (Å²) in [7, 11) is 1.86. The van der Waals surface area contributed by atoms with Gasteiger partial charge in [0.2, 0.25) is 0 Å². The molecule has 2 amide bonds. The Labute approximate surface area is 125 Å². The van der Waals surface area contributed by atoms with Gasteiger partial charge in [0.25, 0.3) is 11.8 Å². The van der Waals surface area contributed by atoms with Crippen LogP contribution in [0.2, 0.25) is 0 Å². The molecule has 0 heterocycles. The van der Waals surface area contributed by atoms with Crippen LogP contribution in [-0.2, 0) is 16.0 Å². The highest BCUT2D eigenvalue weighted by Crippen LogP contribution is 2.17. The van der Waals surface area contributed by atoms with E-state index in [2.05, 4.69) is 10.6 Å². The normalized spacial score (nSPS) is 15.3. The van der Waals surface area contributed by atoms with Gasteiger partial charge in [-0.05, 0) is 24.8 Å². The summed E-state index contributed by atoms with van der Waals surface area (Å²) < 4.78 is 0. The van der Waals surface area contributed by atoms with Crippen LogP contribution < -0.4 is 15.5 Å². The standard InChI is InChI=1S/C16H23N3O2/c1-19(12-16(21)18-14-7-8-14)11-15(20)17-10-9-13-5-3-2-4-6-13/h2-6,14H,7-12H2,1H3,(H,17,20)(H,18,21)/p+1. The zero-order chi connectivity index (χ0) is 15.1. The molecule has 1 aliphatic rings. The molecule has 1 saturated carbocycles. The average molecular weight is 290 g/mol. The van der Waals surface area contributed by atoms with Crippen molar-refractivity contribution >= 4 is 11.8 Å². The zero-order valence-corrected chi connectivity index (χ0v) is 12.5. The van der Waals surface area contributed by atoms with Crippen LogP contribution in [0.25, 0.3) is 0 Å². The Morgan fingerprint density at radius 2 is 1.81 bits per heavy atom. The van der Waals surface area contributed by atoms with E-state index >= 15 is 0 Å². The number of nitrogens with one attached hydrogen (secondary N) is 3. The van der Waals surface area contributed by atoms with Crippen molar-refractivity contribution in [3.8, 4) is 0 Å². The van der Waals surface area contributed by atoms with Gasteiger partial charge in [-0.15, -0.1) is 0 Å². The highest BCUT2D eigenvalue weighted by molar-refractivity contribution is 5.79. The van der Waals surface area contributed by atoms with E-state index in [1.807, 2.05) is 37.4 Å². The topological polar surface area (TPSA) is 62.6 Å². The maximum Gasteiger partial charge on any atom is 0.275 e. The third-order valence-corrected chi connectivity index (χ3v) is 3.45. The third-order valence-electron chi connectivity index (χ3n) is 3.45. The Morgan fingerprint density at radius 3 is 2.48 bits per heavy atom. The molecule has 114 valence electrons. The summed E-state index contributed by atoms with van der Waals surface area (Å²) in [4.78, 5) is 24.3. The van der Waals surface area contributed by atoms with E-state index in [4.69, 9.17) is 0 Å². The number of rotatable bonds is 8. The molecule has 1 aliphatic carbocycles. The number of likely N-dealkylation sites (N-methyl/N-ethyl adjacent to an activating group) is 1. The minimum Gasteiger partial charge on any atom is -0.351 e. The average Bonchev–Trinajstić information content (AvgIpc) is 3.23. The van der Waals surface area contributed by atoms with Gasteiger partial charge in [0.1, 0.15) is 0 Å². The fourth-order valence-corrected chi connectivity index (χ4v) is 2.17. The molecule has 0 aromatic heterocycles. The van der Waals surface area contributed by atoms with Gasteiger partial charge in [0.05, 0.1) is 7.05 Å². The molecule has 3 N–H and O–H groups in total. The van der Waals surface area contributed by atoms with E-state index in [0.717, 1.165) is 24.2 Å². The molecule has 1 atom stereocenters. The number of carbonyl (C=O) groups excluding carboxylic acids is 2. The lowest BCUT2D eigenvalue weighted by Crippen LogP contribution is -3.11. The lowest BCUT2D eigenvalue weighted by atomic mass is 10.1. The third kappa shape index (κ3) is 6.40. The van der Waals surface area contributed by atoms with E-state index in [-0.39, 0.29) is 11.8 Å². The molecule has 2 rings (SSSR count). The summed E-state index contributed by atoms with van der Waals surface area (Å²) >= 11 is 0. The predicted octanol–water partition coefficient (Wildman–Crippen LogP) is -0.861. The van der Waals surface area contributed by atoms with Gasteiger partial charge in [0.15, 0.2) is 13.1 Å². The van der Waals surface area contributed by atoms with E-state index in [1.54, 1.807) is 0 Å². The molecule has 0 spiro atoms. The monoisotopic (exact) mass is 290 g/mol. The summed E-state index contributed by atoms with van der Waals surface area (Å²) in [5, 5.41) is 5.83. The van der Waals surface area contributed by atoms with Crippen molar-refractivity contribution in [2.45, 2.75) is 25.3 Å². The number of amides is 2. The van der Waals surface area contributed by atoms with Crippen LogP contribution in [0.5, 0.6) is 0 Å². The molecule has 5 heteroatoms. The van der Waals surface area contributed by atoms with Crippen LogP contribution in [0.15, 0.2) is 30.3 Å². The number of hydrogen-bond donors (Lipinski definition) is 3. The molecule has 1 unspecified atom stereocenters. The Bertz CT molecular complexity index is 472. The van der Waals surface area contributed by atoms with Gasteiger partial charge in [-0.25, -0.2) is 0 Å². The maximum absolute atomic E-state index is 11.8. The van der Waals surface area contributed by atoms with E-state index in [1.165, 1.54) is 5.56 Å². The van der Waals surface area contributed by atoms with Gasteiger partial charge in [-0.3, -0.25) is 9.59 Å². The molecular weight excluding hydrogens is 266 g/mol. The molecule has 1 aromatic rings. The highest BCUT2D eigenvalue weighted by Gasteiger charge is 2.24. The van der Waals surface area contributed by atoms with Crippen molar-refractivity contribution in [3.05, 3.63) is 35.9 Å². The highest BCUT2D eigenvalue weighted by atomic mass is 16.2. The van der Waals surface area contributed by atoms with Gasteiger partial charge in [-0.1, -0.05) is 30.3 Å². The predicted molar refractivity (Wildman–Crippen MR) is 80.9 cm³/mol. The Balaban J connectivity index is 1.58. The summed E-state index contributed by atoms with van der Waals surface area (Å²) in [5.74, 6) is 0.0229. The first kappa shape index (κ1) is 15.5. The first-order valence-electron chi connectivity index (χ1n) is 7.55. The lowest BCUT2D eigenvalue weighted by Gasteiger charge is -2.13.